The Bertz CT molecular complexity index is 1390. The van der Waals surface area contributed by atoms with Gasteiger partial charge in [-0.2, -0.15) is 13.2 Å². The van der Waals surface area contributed by atoms with Crippen molar-refractivity contribution in [2.75, 3.05) is 18.0 Å². The van der Waals surface area contributed by atoms with Crippen molar-refractivity contribution in [1.82, 2.24) is 4.98 Å². The van der Waals surface area contributed by atoms with Gasteiger partial charge in [0, 0.05) is 18.1 Å². The zero-order chi connectivity index (χ0) is 26.1. The molecule has 1 aromatic heterocycles. The topological polar surface area (TPSA) is 106 Å². The number of aliphatic carboxylic acids is 1. The predicted octanol–water partition coefficient (Wildman–Crippen LogP) is 4.60. The number of sulfonamides is 1. The van der Waals surface area contributed by atoms with Crippen molar-refractivity contribution in [3.63, 3.8) is 0 Å². The van der Waals surface area contributed by atoms with E-state index >= 15 is 0 Å². The van der Waals surface area contributed by atoms with Crippen molar-refractivity contribution in [3.8, 4) is 22.9 Å². The molecule has 4 rings (SSSR count). The highest BCUT2D eigenvalue weighted by Gasteiger charge is 2.37. The van der Waals surface area contributed by atoms with Crippen molar-refractivity contribution in [3.05, 3.63) is 66.2 Å². The highest BCUT2D eigenvalue weighted by molar-refractivity contribution is 7.92. The van der Waals surface area contributed by atoms with Crippen LogP contribution in [0.25, 0.3) is 11.3 Å². The summed E-state index contributed by atoms with van der Waals surface area (Å²) in [5.74, 6) is -0.599. The van der Waals surface area contributed by atoms with Gasteiger partial charge < -0.3 is 14.6 Å². The van der Waals surface area contributed by atoms with Gasteiger partial charge in [-0.05, 0) is 48.9 Å². The standard InChI is InChI=1S/C24H21F3N2O6S/c1-34-22-7-3-6-19(28-22)15-8-10-21-20(12-15)29(14-17(35-21)9-11-23(30)31)36(32,33)18-5-2-4-16(13-18)24(25,26)27/h2-8,10,12-13,17H,9,11,14H2,1H3,(H,30,31). The zero-order valence-corrected chi connectivity index (χ0v) is 19.7. The molecule has 3 aromatic rings. The molecule has 1 atom stereocenters. The molecule has 2 heterocycles. The zero-order valence-electron chi connectivity index (χ0n) is 18.9. The van der Waals surface area contributed by atoms with Gasteiger partial charge in [0.15, 0.2) is 0 Å². The van der Waals surface area contributed by atoms with Gasteiger partial charge in [-0.1, -0.05) is 12.1 Å². The number of rotatable bonds is 7. The molecular weight excluding hydrogens is 501 g/mol. The summed E-state index contributed by atoms with van der Waals surface area (Å²) in [6.45, 7) is -0.284. The SMILES string of the molecule is COc1cccc(-c2ccc3c(c2)N(S(=O)(=O)c2cccc(C(F)(F)F)c2)CC(CCC(=O)O)O3)n1. The van der Waals surface area contributed by atoms with Crippen molar-refractivity contribution in [1.29, 1.82) is 0 Å². The Hall–Kier alpha value is -3.80. The number of anilines is 1. The number of hydrogen-bond donors (Lipinski definition) is 1. The molecule has 1 aliphatic rings. The summed E-state index contributed by atoms with van der Waals surface area (Å²) in [7, 11) is -3.03. The highest BCUT2D eigenvalue weighted by Crippen LogP contribution is 2.41. The maximum atomic E-state index is 13.6. The number of nitrogens with zero attached hydrogens (tertiary/aromatic N) is 2. The second kappa shape index (κ2) is 9.69. The highest BCUT2D eigenvalue weighted by atomic mass is 32.2. The Morgan fingerprint density at radius 3 is 2.61 bits per heavy atom. The number of methoxy groups -OCH3 is 1. The number of carboxylic acid groups (broad SMARTS) is 1. The number of aromatic nitrogens is 1. The smallest absolute Gasteiger partial charge is 0.416 e. The fraction of sp³-hybridized carbons (Fsp3) is 0.250. The summed E-state index contributed by atoms with van der Waals surface area (Å²) >= 11 is 0. The van der Waals surface area contributed by atoms with Crippen LogP contribution in [-0.4, -0.2) is 44.2 Å². The molecule has 0 fully saturated rings. The number of carbonyl (C=O) groups is 1. The van der Waals surface area contributed by atoms with Gasteiger partial charge in [-0.15, -0.1) is 0 Å². The third-order valence-electron chi connectivity index (χ3n) is 5.55. The number of alkyl halides is 3. The lowest BCUT2D eigenvalue weighted by Crippen LogP contribution is -2.43. The maximum Gasteiger partial charge on any atom is 0.416 e. The van der Waals surface area contributed by atoms with E-state index in [1.165, 1.54) is 19.2 Å². The summed E-state index contributed by atoms with van der Waals surface area (Å²) in [6, 6.07) is 13.2. The van der Waals surface area contributed by atoms with Crippen LogP contribution < -0.4 is 13.8 Å². The van der Waals surface area contributed by atoms with Crippen LogP contribution >= 0.6 is 0 Å². The molecule has 1 N–H and O–H groups in total. The van der Waals surface area contributed by atoms with E-state index < -0.39 is 38.7 Å². The molecule has 0 saturated carbocycles. The van der Waals surface area contributed by atoms with E-state index in [9.17, 15) is 26.4 Å². The van der Waals surface area contributed by atoms with Gasteiger partial charge >= 0.3 is 12.1 Å². The molecule has 36 heavy (non-hydrogen) atoms. The van der Waals surface area contributed by atoms with E-state index in [0.29, 0.717) is 23.2 Å². The number of ether oxygens (including phenoxy) is 2. The predicted molar refractivity (Wildman–Crippen MR) is 123 cm³/mol. The fourth-order valence-electron chi connectivity index (χ4n) is 3.78. The molecule has 0 bridgehead atoms. The number of carboxylic acids is 1. The van der Waals surface area contributed by atoms with Gasteiger partial charge in [-0.3, -0.25) is 9.10 Å². The van der Waals surface area contributed by atoms with Gasteiger partial charge in [-0.25, -0.2) is 13.4 Å². The number of pyridine rings is 1. The summed E-state index contributed by atoms with van der Waals surface area (Å²) < 4.78 is 79.0. The van der Waals surface area contributed by atoms with Crippen LogP contribution in [0.15, 0.2) is 65.6 Å². The summed E-state index contributed by atoms with van der Waals surface area (Å²) in [5.41, 5.74) is -0.0130. The lowest BCUT2D eigenvalue weighted by Gasteiger charge is -2.35. The average molecular weight is 523 g/mol. The van der Waals surface area contributed by atoms with Gasteiger partial charge in [0.1, 0.15) is 11.9 Å². The molecule has 0 saturated heterocycles. The van der Waals surface area contributed by atoms with Crippen LogP contribution in [0, 0.1) is 0 Å². The maximum absolute atomic E-state index is 13.6. The van der Waals surface area contributed by atoms with Crippen LogP contribution in [0.2, 0.25) is 0 Å². The lowest BCUT2D eigenvalue weighted by atomic mass is 10.1. The van der Waals surface area contributed by atoms with Crippen LogP contribution in [0.3, 0.4) is 0 Å². The molecule has 12 heteroatoms. The Kier molecular flexibility index (Phi) is 6.81. The summed E-state index contributed by atoms with van der Waals surface area (Å²) in [4.78, 5) is 14.8. The number of fused-ring (bicyclic) bond motifs is 1. The molecule has 1 aliphatic heterocycles. The van der Waals surface area contributed by atoms with E-state index in [1.54, 1.807) is 24.3 Å². The molecule has 0 amide bonds. The first kappa shape index (κ1) is 25.3. The quantitative estimate of drug-likeness (QED) is 0.484. The largest absolute Gasteiger partial charge is 0.486 e. The molecule has 1 unspecified atom stereocenters. The van der Waals surface area contributed by atoms with Gasteiger partial charge in [0.2, 0.25) is 5.88 Å². The minimum Gasteiger partial charge on any atom is -0.486 e. The number of hydrogen-bond acceptors (Lipinski definition) is 6. The molecule has 0 aliphatic carbocycles. The van der Waals surface area contributed by atoms with Crippen LogP contribution in [0.1, 0.15) is 18.4 Å². The third-order valence-corrected chi connectivity index (χ3v) is 7.32. The van der Waals surface area contributed by atoms with Crippen molar-refractivity contribution in [2.24, 2.45) is 0 Å². The molecule has 0 spiro atoms. The number of benzene rings is 2. The Morgan fingerprint density at radius 1 is 1.17 bits per heavy atom. The minimum absolute atomic E-state index is 0.00255. The number of halogens is 3. The van der Waals surface area contributed by atoms with Gasteiger partial charge in [0.05, 0.1) is 35.5 Å². The normalized spacial score (nSPS) is 15.7. The first-order valence-corrected chi connectivity index (χ1v) is 12.2. The monoisotopic (exact) mass is 522 g/mol. The molecule has 8 nitrogen and oxygen atoms in total. The van der Waals surface area contributed by atoms with E-state index in [4.69, 9.17) is 14.6 Å². The third kappa shape index (κ3) is 5.23. The lowest BCUT2D eigenvalue weighted by molar-refractivity contribution is -0.138. The van der Waals surface area contributed by atoms with E-state index in [2.05, 4.69) is 4.98 Å². The first-order valence-electron chi connectivity index (χ1n) is 10.7. The Balaban J connectivity index is 1.81. The van der Waals surface area contributed by atoms with E-state index in [1.807, 2.05) is 0 Å². The van der Waals surface area contributed by atoms with Crippen molar-refractivity contribution >= 4 is 21.7 Å². The molecule has 2 aromatic carbocycles. The summed E-state index contributed by atoms with van der Waals surface area (Å²) in [6.07, 6.45) is -5.83. The van der Waals surface area contributed by atoms with Gasteiger partial charge in [0.25, 0.3) is 10.0 Å². The molecule has 190 valence electrons. The van der Waals surface area contributed by atoms with Crippen LogP contribution in [-0.2, 0) is 21.0 Å². The van der Waals surface area contributed by atoms with Crippen LogP contribution in [0.4, 0.5) is 18.9 Å². The first-order chi connectivity index (χ1) is 17.0. The fourth-order valence-corrected chi connectivity index (χ4v) is 5.33. The van der Waals surface area contributed by atoms with Crippen molar-refractivity contribution < 1.29 is 41.0 Å². The summed E-state index contributed by atoms with van der Waals surface area (Å²) in [5, 5.41) is 9.04. The Labute approximate surface area is 205 Å². The second-order valence-electron chi connectivity index (χ2n) is 7.98. The average Bonchev–Trinajstić information content (AvgIpc) is 2.86. The van der Waals surface area contributed by atoms with Crippen molar-refractivity contribution in [2.45, 2.75) is 30.0 Å². The minimum atomic E-state index is -4.73. The molecule has 0 radical (unpaired) electrons. The molecular formula is C24H21F3N2O6S. The van der Waals surface area contributed by atoms with E-state index in [0.717, 1.165) is 22.5 Å². The van der Waals surface area contributed by atoms with E-state index in [-0.39, 0.29) is 30.8 Å². The second-order valence-corrected chi connectivity index (χ2v) is 9.84. The van der Waals surface area contributed by atoms with Crippen LogP contribution in [0.5, 0.6) is 11.6 Å². The Morgan fingerprint density at radius 2 is 1.92 bits per heavy atom.